The number of nitrogens with zero attached hydrogens (tertiary/aromatic N) is 3. The molecule has 0 fully saturated rings. The highest BCUT2D eigenvalue weighted by atomic mass is 32.2. The first-order chi connectivity index (χ1) is 18.4. The monoisotopic (exact) mass is 588 g/mol. The van der Waals surface area contributed by atoms with Crippen molar-refractivity contribution in [1.82, 2.24) is 9.78 Å². The standard InChI is InChI=1S/C23H27FN4O4S.C2HF3O2/c1-15-20(16(2)28(4)25-15)6-5-13-27(3)22-12-9-18(14-21(22)23(29)30)26-33(31,32)19-10-7-17(24)8-11-19;3-2(4,5)1(6)7/h7-12,14,26H,5-6,13H2,1-4H3,(H,29,30);(H,6,7). The maximum Gasteiger partial charge on any atom is 0.490 e. The van der Waals surface area contributed by atoms with Crippen molar-refractivity contribution >= 4 is 33.3 Å². The lowest BCUT2D eigenvalue weighted by Gasteiger charge is -2.22. The third-order valence-electron chi connectivity index (χ3n) is 5.84. The van der Waals surface area contributed by atoms with Crippen molar-refractivity contribution in [3.63, 3.8) is 0 Å². The van der Waals surface area contributed by atoms with Crippen LogP contribution in [0.15, 0.2) is 47.4 Å². The summed E-state index contributed by atoms with van der Waals surface area (Å²) in [5.41, 5.74) is 3.85. The van der Waals surface area contributed by atoms with Crippen molar-refractivity contribution in [2.75, 3.05) is 23.2 Å². The number of aryl methyl sites for hydroxylation is 2. The van der Waals surface area contributed by atoms with E-state index in [0.29, 0.717) is 12.2 Å². The minimum absolute atomic E-state index is 0.0226. The van der Waals surface area contributed by atoms with E-state index < -0.39 is 34.0 Å². The molecule has 0 aliphatic heterocycles. The molecular formula is C25H28F4N4O6S. The number of alkyl halides is 3. The van der Waals surface area contributed by atoms with Gasteiger partial charge in [0.05, 0.1) is 21.8 Å². The van der Waals surface area contributed by atoms with Gasteiger partial charge in [-0.15, -0.1) is 0 Å². The summed E-state index contributed by atoms with van der Waals surface area (Å²) in [7, 11) is -0.283. The van der Waals surface area contributed by atoms with Crippen molar-refractivity contribution in [3.05, 3.63) is 70.8 Å². The Hall–Kier alpha value is -4.14. The Bertz CT molecular complexity index is 1470. The van der Waals surface area contributed by atoms with Crippen LogP contribution in [0.4, 0.5) is 28.9 Å². The number of hydrogen-bond donors (Lipinski definition) is 3. The number of rotatable bonds is 9. The average molecular weight is 589 g/mol. The number of nitrogens with one attached hydrogen (secondary N) is 1. The van der Waals surface area contributed by atoms with E-state index in [0.717, 1.165) is 48.5 Å². The summed E-state index contributed by atoms with van der Waals surface area (Å²) in [5, 5.41) is 21.3. The predicted molar refractivity (Wildman–Crippen MR) is 139 cm³/mol. The summed E-state index contributed by atoms with van der Waals surface area (Å²) in [6.07, 6.45) is -3.48. The Kier molecular flexibility index (Phi) is 10.3. The Morgan fingerprint density at radius 2 is 1.65 bits per heavy atom. The minimum atomic E-state index is -5.08. The first-order valence-electron chi connectivity index (χ1n) is 11.6. The molecule has 10 nitrogen and oxygen atoms in total. The molecule has 1 aromatic heterocycles. The SMILES string of the molecule is Cc1nn(C)c(C)c1CCCN(C)c1ccc(NS(=O)(=O)c2ccc(F)cc2)cc1C(=O)O.O=C(O)C(F)(F)F. The van der Waals surface area contributed by atoms with Crippen molar-refractivity contribution in [1.29, 1.82) is 0 Å². The molecule has 3 rings (SSSR count). The number of aromatic nitrogens is 2. The summed E-state index contributed by atoms with van der Waals surface area (Å²) in [6.45, 7) is 4.60. The number of carbonyl (C=O) groups is 2. The number of carboxylic acids is 2. The van der Waals surface area contributed by atoms with E-state index in [2.05, 4.69) is 9.82 Å². The van der Waals surface area contributed by atoms with Gasteiger partial charge in [0.25, 0.3) is 10.0 Å². The Morgan fingerprint density at radius 1 is 1.07 bits per heavy atom. The highest BCUT2D eigenvalue weighted by molar-refractivity contribution is 7.92. The molecule has 0 radical (unpaired) electrons. The molecule has 2 aromatic carbocycles. The number of benzene rings is 2. The number of halogens is 4. The fourth-order valence-electron chi connectivity index (χ4n) is 3.72. The van der Waals surface area contributed by atoms with Crippen LogP contribution < -0.4 is 9.62 Å². The Morgan fingerprint density at radius 3 is 2.12 bits per heavy atom. The summed E-state index contributed by atoms with van der Waals surface area (Å²) in [6, 6.07) is 8.74. The average Bonchev–Trinajstić information content (AvgIpc) is 3.09. The largest absolute Gasteiger partial charge is 0.490 e. The van der Waals surface area contributed by atoms with Gasteiger partial charge in [-0.1, -0.05) is 0 Å². The molecule has 1 heterocycles. The molecule has 0 unspecified atom stereocenters. The van der Waals surface area contributed by atoms with Crippen LogP contribution in [-0.4, -0.2) is 60.1 Å². The normalized spacial score (nSPS) is 11.4. The lowest BCUT2D eigenvalue weighted by Crippen LogP contribution is -2.22. The molecule has 3 N–H and O–H groups in total. The van der Waals surface area contributed by atoms with E-state index in [1.54, 1.807) is 13.1 Å². The van der Waals surface area contributed by atoms with Gasteiger partial charge >= 0.3 is 18.1 Å². The highest BCUT2D eigenvalue weighted by Gasteiger charge is 2.38. The van der Waals surface area contributed by atoms with Crippen LogP contribution in [0.5, 0.6) is 0 Å². The van der Waals surface area contributed by atoms with Crippen molar-refractivity contribution in [2.45, 2.75) is 37.8 Å². The number of carboxylic acid groups (broad SMARTS) is 2. The smallest absolute Gasteiger partial charge is 0.478 e. The number of aromatic carboxylic acids is 1. The summed E-state index contributed by atoms with van der Waals surface area (Å²) >= 11 is 0. The second-order valence-corrected chi connectivity index (χ2v) is 10.4. The zero-order valence-corrected chi connectivity index (χ0v) is 22.8. The van der Waals surface area contributed by atoms with Crippen LogP contribution in [0.3, 0.4) is 0 Å². The maximum atomic E-state index is 13.1. The van der Waals surface area contributed by atoms with Crippen LogP contribution in [0.2, 0.25) is 0 Å². The van der Waals surface area contributed by atoms with Gasteiger partial charge in [0.2, 0.25) is 0 Å². The van der Waals surface area contributed by atoms with Gasteiger partial charge in [0.1, 0.15) is 5.82 Å². The minimum Gasteiger partial charge on any atom is -0.478 e. The van der Waals surface area contributed by atoms with Gasteiger partial charge in [-0.05, 0) is 74.7 Å². The van der Waals surface area contributed by atoms with Gasteiger partial charge in [-0.2, -0.15) is 18.3 Å². The molecule has 15 heteroatoms. The van der Waals surface area contributed by atoms with Crippen LogP contribution in [0.25, 0.3) is 0 Å². The molecule has 0 spiro atoms. The quantitative estimate of drug-likeness (QED) is 0.313. The number of sulfonamides is 1. The second-order valence-electron chi connectivity index (χ2n) is 8.70. The lowest BCUT2D eigenvalue weighted by molar-refractivity contribution is -0.192. The van der Waals surface area contributed by atoms with E-state index >= 15 is 0 Å². The molecule has 0 aliphatic rings. The maximum absolute atomic E-state index is 13.1. The third-order valence-corrected chi connectivity index (χ3v) is 7.23. The van der Waals surface area contributed by atoms with Gasteiger partial charge in [-0.3, -0.25) is 9.40 Å². The predicted octanol–water partition coefficient (Wildman–Crippen LogP) is 4.38. The second kappa shape index (κ2) is 12.8. The fraction of sp³-hybridized carbons (Fsp3) is 0.320. The number of hydrogen-bond acceptors (Lipinski definition) is 6. The first-order valence-corrected chi connectivity index (χ1v) is 13.1. The molecule has 0 saturated carbocycles. The molecular weight excluding hydrogens is 560 g/mol. The van der Waals surface area contributed by atoms with Gasteiger partial charge in [-0.25, -0.2) is 22.4 Å². The third kappa shape index (κ3) is 8.43. The molecule has 218 valence electrons. The Labute approximate surface area is 227 Å². The molecule has 3 aromatic rings. The van der Waals surface area contributed by atoms with Gasteiger partial charge in [0, 0.05) is 32.0 Å². The highest BCUT2D eigenvalue weighted by Crippen LogP contribution is 2.26. The van der Waals surface area contributed by atoms with E-state index in [1.807, 2.05) is 30.5 Å². The van der Waals surface area contributed by atoms with E-state index in [-0.39, 0.29) is 16.1 Å². The van der Waals surface area contributed by atoms with Crippen LogP contribution in [0, 0.1) is 19.7 Å². The molecule has 0 aliphatic carbocycles. The molecule has 0 bridgehead atoms. The zero-order chi connectivity index (χ0) is 30.4. The lowest BCUT2D eigenvalue weighted by atomic mass is 10.1. The first kappa shape index (κ1) is 32.1. The summed E-state index contributed by atoms with van der Waals surface area (Å²) in [4.78, 5) is 22.5. The topological polar surface area (TPSA) is 142 Å². The molecule has 0 saturated heterocycles. The van der Waals surface area contributed by atoms with Crippen LogP contribution in [0.1, 0.15) is 33.7 Å². The van der Waals surface area contributed by atoms with Crippen LogP contribution in [-0.2, 0) is 28.3 Å². The van der Waals surface area contributed by atoms with Crippen molar-refractivity contribution < 1.29 is 45.8 Å². The van der Waals surface area contributed by atoms with E-state index in [4.69, 9.17) is 9.90 Å². The fourth-order valence-corrected chi connectivity index (χ4v) is 4.77. The molecule has 0 amide bonds. The number of aliphatic carboxylic acids is 1. The van der Waals surface area contributed by atoms with Crippen molar-refractivity contribution in [2.24, 2.45) is 7.05 Å². The van der Waals surface area contributed by atoms with E-state index in [1.165, 1.54) is 17.7 Å². The van der Waals surface area contributed by atoms with Gasteiger partial charge in [0.15, 0.2) is 0 Å². The summed E-state index contributed by atoms with van der Waals surface area (Å²) in [5.74, 6) is -4.48. The number of anilines is 2. The van der Waals surface area contributed by atoms with Crippen LogP contribution >= 0.6 is 0 Å². The van der Waals surface area contributed by atoms with E-state index in [9.17, 15) is 35.9 Å². The molecule has 40 heavy (non-hydrogen) atoms. The summed E-state index contributed by atoms with van der Waals surface area (Å²) < 4.78 is 74.1. The zero-order valence-electron chi connectivity index (χ0n) is 22.0. The Balaban J connectivity index is 0.000000708. The van der Waals surface area contributed by atoms with Crippen molar-refractivity contribution in [3.8, 4) is 0 Å². The van der Waals surface area contributed by atoms with Gasteiger partial charge < -0.3 is 15.1 Å². The molecule has 0 atom stereocenters.